The Labute approximate surface area is 144 Å². The molecule has 1 fully saturated rings. The van der Waals surface area contributed by atoms with E-state index in [1.165, 1.54) is 16.7 Å². The van der Waals surface area contributed by atoms with E-state index >= 15 is 0 Å². The molecule has 6 nitrogen and oxygen atoms in total. The zero-order chi connectivity index (χ0) is 16.8. The summed E-state index contributed by atoms with van der Waals surface area (Å²) >= 11 is 1.41. The largest absolute Gasteiger partial charge is 0.356 e. The molecule has 7 heteroatoms. The number of amidine groups is 2. The van der Waals surface area contributed by atoms with Crippen LogP contribution in [0.15, 0.2) is 28.2 Å². The van der Waals surface area contributed by atoms with Crippen molar-refractivity contribution in [3.05, 3.63) is 29.3 Å². The summed E-state index contributed by atoms with van der Waals surface area (Å²) in [4.78, 5) is 37.3. The van der Waals surface area contributed by atoms with Crippen molar-refractivity contribution in [1.29, 1.82) is 0 Å². The van der Waals surface area contributed by atoms with E-state index in [-0.39, 0.29) is 5.91 Å². The first-order valence-electron chi connectivity index (χ1n) is 8.09. The van der Waals surface area contributed by atoms with Crippen LogP contribution in [0.5, 0.6) is 0 Å². The van der Waals surface area contributed by atoms with Crippen LogP contribution in [0.4, 0.5) is 10.5 Å². The molecule has 1 aromatic rings. The number of urea groups is 1. The molecule has 0 radical (unpaired) electrons. The number of hydrogen-bond donors (Lipinski definition) is 0. The molecule has 0 aliphatic carbocycles. The van der Waals surface area contributed by atoms with E-state index in [0.717, 1.165) is 42.2 Å². The lowest BCUT2D eigenvalue weighted by Crippen LogP contribution is -2.47. The number of hydrogen-bond acceptors (Lipinski definition) is 5. The number of amides is 3. The number of nitrogens with zero attached hydrogens (tertiary/aromatic N) is 4. The highest BCUT2D eigenvalue weighted by Crippen LogP contribution is 2.34. The zero-order valence-corrected chi connectivity index (χ0v) is 14.5. The third-order valence-corrected chi connectivity index (χ3v) is 5.92. The van der Waals surface area contributed by atoms with E-state index < -0.39 is 11.3 Å². The molecule has 1 saturated heterocycles. The van der Waals surface area contributed by atoms with Crippen LogP contribution in [-0.2, 0) is 4.79 Å². The van der Waals surface area contributed by atoms with E-state index in [9.17, 15) is 9.59 Å². The number of carbonyl (C=O) groups is 2. The third-order valence-electron chi connectivity index (χ3n) is 4.71. The molecule has 1 aromatic carbocycles. The van der Waals surface area contributed by atoms with Gasteiger partial charge in [-0.1, -0.05) is 23.9 Å². The van der Waals surface area contributed by atoms with Crippen LogP contribution in [0, 0.1) is 13.8 Å². The minimum Gasteiger partial charge on any atom is -0.351 e. The highest BCUT2D eigenvalue weighted by atomic mass is 32.2. The number of anilines is 1. The van der Waals surface area contributed by atoms with Crippen LogP contribution in [0.2, 0.25) is 0 Å². The van der Waals surface area contributed by atoms with Gasteiger partial charge in [-0.15, -0.1) is 0 Å². The first kappa shape index (κ1) is 15.4. The molecule has 3 aliphatic heterocycles. The Hall–Kier alpha value is -2.15. The average molecular weight is 342 g/mol. The molecule has 0 aromatic heterocycles. The molecule has 4 rings (SSSR count). The quantitative estimate of drug-likeness (QED) is 0.787. The van der Waals surface area contributed by atoms with Crippen molar-refractivity contribution in [2.45, 2.75) is 31.9 Å². The number of rotatable bonds is 1. The van der Waals surface area contributed by atoms with Crippen LogP contribution < -0.4 is 4.90 Å². The van der Waals surface area contributed by atoms with Crippen molar-refractivity contribution >= 4 is 40.4 Å². The summed E-state index contributed by atoms with van der Waals surface area (Å²) < 4.78 is 0. The van der Waals surface area contributed by atoms with Gasteiger partial charge in [-0.05, 0) is 43.9 Å². The highest BCUT2D eigenvalue weighted by molar-refractivity contribution is 8.16. The zero-order valence-electron chi connectivity index (χ0n) is 13.7. The maximum absolute atomic E-state index is 13.0. The molecule has 3 amide bonds. The Morgan fingerprint density at radius 3 is 2.62 bits per heavy atom. The summed E-state index contributed by atoms with van der Waals surface area (Å²) in [5.41, 5.74) is 2.57. The number of fused-ring (bicyclic) bond motifs is 1. The number of aryl methyl sites for hydroxylation is 1. The van der Waals surface area contributed by atoms with Gasteiger partial charge < -0.3 is 4.90 Å². The van der Waals surface area contributed by atoms with Gasteiger partial charge in [0.1, 0.15) is 0 Å². The number of benzene rings is 1. The smallest absolute Gasteiger partial charge is 0.351 e. The van der Waals surface area contributed by atoms with Gasteiger partial charge >= 0.3 is 6.03 Å². The summed E-state index contributed by atoms with van der Waals surface area (Å²) in [6.07, 6.45) is 2.27. The third kappa shape index (κ3) is 2.34. The maximum Gasteiger partial charge on any atom is 0.356 e. The lowest BCUT2D eigenvalue weighted by atomic mass is 10.1. The summed E-state index contributed by atoms with van der Waals surface area (Å²) in [6.45, 7) is 5.78. The molecule has 124 valence electrons. The predicted octanol–water partition coefficient (Wildman–Crippen LogP) is 2.74. The first-order chi connectivity index (χ1) is 11.6. The Bertz CT molecular complexity index is 796. The fraction of sp³-hybridized carbons (Fsp3) is 0.412. The van der Waals surface area contributed by atoms with E-state index in [1.54, 1.807) is 6.07 Å². The number of aliphatic imine (C=N–C) groups is 2. The van der Waals surface area contributed by atoms with Gasteiger partial charge in [0.15, 0.2) is 16.3 Å². The molecular formula is C17H18N4O2S. The van der Waals surface area contributed by atoms with Crippen LogP contribution >= 0.6 is 11.8 Å². The van der Waals surface area contributed by atoms with Gasteiger partial charge in [0.2, 0.25) is 0 Å². The highest BCUT2D eigenvalue weighted by Gasteiger charge is 2.44. The van der Waals surface area contributed by atoms with Gasteiger partial charge in [-0.3, -0.25) is 4.79 Å². The summed E-state index contributed by atoms with van der Waals surface area (Å²) in [5.74, 6) is 0.0973. The topological polar surface area (TPSA) is 65.3 Å². The number of carbonyl (C=O) groups excluding carboxylic acids is 2. The van der Waals surface area contributed by atoms with Gasteiger partial charge in [0, 0.05) is 13.1 Å². The van der Waals surface area contributed by atoms with Crippen molar-refractivity contribution in [3.8, 4) is 0 Å². The monoisotopic (exact) mass is 342 g/mol. The molecular weight excluding hydrogens is 324 g/mol. The SMILES string of the molecule is Cc1cccc(N2C(=O)N=C3N=C(N4CCCC4)SC3C2=O)c1C. The van der Waals surface area contributed by atoms with E-state index in [1.807, 2.05) is 26.0 Å². The van der Waals surface area contributed by atoms with Crippen molar-refractivity contribution in [1.82, 2.24) is 4.90 Å². The minimum atomic E-state index is -0.549. The minimum absolute atomic E-state index is 0.248. The standard InChI is InChI=1S/C17H18N4O2S/c1-10-6-5-7-12(11(10)2)21-15(22)13-14(18-16(21)23)19-17(24-13)20-8-3-4-9-20/h5-7,13H,3-4,8-9H2,1-2H3. The Balaban J connectivity index is 1.66. The summed E-state index contributed by atoms with van der Waals surface area (Å²) in [6, 6.07) is 5.06. The van der Waals surface area contributed by atoms with Gasteiger partial charge in [-0.2, -0.15) is 4.99 Å². The van der Waals surface area contributed by atoms with Crippen molar-refractivity contribution in [2.75, 3.05) is 18.0 Å². The lowest BCUT2D eigenvalue weighted by Gasteiger charge is -2.27. The molecule has 1 unspecified atom stereocenters. The molecule has 3 aliphatic rings. The normalized spacial score (nSPS) is 23.5. The first-order valence-corrected chi connectivity index (χ1v) is 8.97. The number of thioether (sulfide) groups is 1. The predicted molar refractivity (Wildman–Crippen MR) is 95.9 cm³/mol. The Kier molecular flexibility index (Phi) is 3.68. The van der Waals surface area contributed by atoms with E-state index in [2.05, 4.69) is 14.9 Å². The molecule has 0 spiro atoms. The van der Waals surface area contributed by atoms with Gasteiger partial charge in [0.25, 0.3) is 5.91 Å². The number of imide groups is 1. The summed E-state index contributed by atoms with van der Waals surface area (Å²) in [5, 5.41) is 0.304. The molecule has 24 heavy (non-hydrogen) atoms. The summed E-state index contributed by atoms with van der Waals surface area (Å²) in [7, 11) is 0. The van der Waals surface area contributed by atoms with Crippen molar-refractivity contribution in [3.63, 3.8) is 0 Å². The van der Waals surface area contributed by atoms with Crippen LogP contribution in [-0.4, -0.2) is 46.2 Å². The second-order valence-electron chi connectivity index (χ2n) is 6.23. The van der Waals surface area contributed by atoms with Crippen LogP contribution in [0.3, 0.4) is 0 Å². The Morgan fingerprint density at radius 1 is 1.12 bits per heavy atom. The second kappa shape index (κ2) is 5.73. The van der Waals surface area contributed by atoms with Crippen molar-refractivity contribution in [2.24, 2.45) is 9.98 Å². The molecule has 3 heterocycles. The lowest BCUT2D eigenvalue weighted by molar-refractivity contribution is -0.116. The maximum atomic E-state index is 13.0. The van der Waals surface area contributed by atoms with Crippen LogP contribution in [0.1, 0.15) is 24.0 Å². The second-order valence-corrected chi connectivity index (χ2v) is 7.30. The fourth-order valence-electron chi connectivity index (χ4n) is 3.20. The van der Waals surface area contributed by atoms with E-state index in [0.29, 0.717) is 11.5 Å². The molecule has 0 saturated carbocycles. The van der Waals surface area contributed by atoms with Gasteiger partial charge in [0.05, 0.1) is 5.69 Å². The van der Waals surface area contributed by atoms with Crippen molar-refractivity contribution < 1.29 is 9.59 Å². The molecule has 0 bridgehead atoms. The van der Waals surface area contributed by atoms with Gasteiger partial charge in [-0.25, -0.2) is 14.7 Å². The molecule has 1 atom stereocenters. The van der Waals surface area contributed by atoms with Crippen LogP contribution in [0.25, 0.3) is 0 Å². The molecule has 0 N–H and O–H groups in total. The number of likely N-dealkylation sites (tertiary alicyclic amines) is 1. The fourth-order valence-corrected chi connectivity index (χ4v) is 4.30. The average Bonchev–Trinajstić information content (AvgIpc) is 3.20. The van der Waals surface area contributed by atoms with E-state index in [4.69, 9.17) is 0 Å². The Morgan fingerprint density at radius 2 is 1.88 bits per heavy atom.